The van der Waals surface area contributed by atoms with Gasteiger partial charge in [-0.3, -0.25) is 4.79 Å². The van der Waals surface area contributed by atoms with Crippen LogP contribution in [0.1, 0.15) is 32.4 Å². The molecule has 1 aliphatic heterocycles. The summed E-state index contributed by atoms with van der Waals surface area (Å²) >= 11 is 7.14. The maximum Gasteiger partial charge on any atom is 0.244 e. The predicted molar refractivity (Wildman–Crippen MR) is 143 cm³/mol. The minimum absolute atomic E-state index is 0.102. The van der Waals surface area contributed by atoms with Gasteiger partial charge in [-0.15, -0.1) is 0 Å². The third kappa shape index (κ3) is 6.03. The molecule has 3 rings (SSSR count). The smallest absolute Gasteiger partial charge is 0.244 e. The molecule has 34 heavy (non-hydrogen) atoms. The van der Waals surface area contributed by atoms with Crippen molar-refractivity contribution in [3.05, 3.63) is 76.8 Å². The molecular formula is C25H32ClNO4S2Si. The molecule has 184 valence electrons. The molecule has 1 atom stereocenters. The van der Waals surface area contributed by atoms with Gasteiger partial charge in [0.1, 0.15) is 0 Å². The second-order valence-electron chi connectivity index (χ2n) is 9.75. The molecule has 0 saturated heterocycles. The molecule has 2 aromatic rings. The van der Waals surface area contributed by atoms with E-state index in [-0.39, 0.29) is 21.6 Å². The largest absolute Gasteiger partial charge is 0.416 e. The van der Waals surface area contributed by atoms with E-state index >= 15 is 0 Å². The van der Waals surface area contributed by atoms with E-state index < -0.39 is 24.4 Å². The predicted octanol–water partition coefficient (Wildman–Crippen LogP) is 6.29. The molecule has 0 spiro atoms. The van der Waals surface area contributed by atoms with E-state index in [2.05, 4.69) is 33.9 Å². The maximum absolute atomic E-state index is 13.5. The molecule has 0 N–H and O–H groups in total. The first-order valence-corrected chi connectivity index (χ1v) is 16.9. The number of hydrogen-bond acceptors (Lipinski definition) is 5. The highest BCUT2D eigenvalue weighted by molar-refractivity contribution is 8.14. The lowest BCUT2D eigenvalue weighted by Crippen LogP contribution is -2.41. The van der Waals surface area contributed by atoms with Gasteiger partial charge in [-0.2, -0.15) is 4.31 Å². The third-order valence-electron chi connectivity index (χ3n) is 6.43. The minimum atomic E-state index is -3.84. The zero-order valence-corrected chi connectivity index (χ0v) is 23.6. The van der Waals surface area contributed by atoms with Crippen molar-refractivity contribution in [2.24, 2.45) is 0 Å². The Bertz CT molecular complexity index is 1140. The number of sulfonamides is 1. The van der Waals surface area contributed by atoms with Crippen LogP contribution >= 0.6 is 23.4 Å². The summed E-state index contributed by atoms with van der Waals surface area (Å²) in [6.07, 6.45) is 1.73. The molecule has 5 nitrogen and oxygen atoms in total. The van der Waals surface area contributed by atoms with Crippen molar-refractivity contribution in [1.29, 1.82) is 0 Å². The fourth-order valence-electron chi connectivity index (χ4n) is 3.45. The monoisotopic (exact) mass is 537 g/mol. The summed E-state index contributed by atoms with van der Waals surface area (Å²) in [5, 5.41) is 0.441. The zero-order valence-electron chi connectivity index (χ0n) is 20.2. The van der Waals surface area contributed by atoms with Crippen LogP contribution in [0.15, 0.2) is 71.1 Å². The normalized spacial score (nSPS) is 17.6. The second-order valence-corrected chi connectivity index (χ2v) is 18.0. The summed E-state index contributed by atoms with van der Waals surface area (Å²) < 4.78 is 34.5. The first-order valence-electron chi connectivity index (χ1n) is 11.2. The van der Waals surface area contributed by atoms with E-state index in [1.54, 1.807) is 18.2 Å². The van der Waals surface area contributed by atoms with Crippen LogP contribution in [-0.2, 0) is 19.2 Å². The van der Waals surface area contributed by atoms with E-state index in [1.165, 1.54) is 28.2 Å². The van der Waals surface area contributed by atoms with E-state index in [9.17, 15) is 13.2 Å². The summed E-state index contributed by atoms with van der Waals surface area (Å²) in [7, 11) is -5.73. The summed E-state index contributed by atoms with van der Waals surface area (Å²) in [6, 6.07) is 14.7. The van der Waals surface area contributed by atoms with Gasteiger partial charge < -0.3 is 4.43 Å². The molecule has 0 aliphatic carbocycles. The van der Waals surface area contributed by atoms with Crippen molar-refractivity contribution < 1.29 is 17.6 Å². The number of benzene rings is 2. The van der Waals surface area contributed by atoms with Crippen LogP contribution < -0.4 is 0 Å². The Morgan fingerprint density at radius 2 is 1.74 bits per heavy atom. The Morgan fingerprint density at radius 1 is 1.12 bits per heavy atom. The summed E-state index contributed by atoms with van der Waals surface area (Å²) in [5.41, 5.74) is 1.25. The number of carbonyl (C=O) groups is 1. The zero-order chi connectivity index (χ0) is 25.1. The van der Waals surface area contributed by atoms with Gasteiger partial charge in [0.25, 0.3) is 0 Å². The van der Waals surface area contributed by atoms with Gasteiger partial charge in [-0.1, -0.05) is 80.5 Å². The first kappa shape index (κ1) is 27.2. The van der Waals surface area contributed by atoms with Crippen LogP contribution in [0.3, 0.4) is 0 Å². The van der Waals surface area contributed by atoms with Gasteiger partial charge in [0.2, 0.25) is 15.1 Å². The summed E-state index contributed by atoms with van der Waals surface area (Å²) in [6.45, 7) is 11.5. The third-order valence-corrected chi connectivity index (χ3v) is 13.9. The Morgan fingerprint density at radius 3 is 2.32 bits per heavy atom. The summed E-state index contributed by atoms with van der Waals surface area (Å²) in [5.74, 6) is 0.522. The quantitative estimate of drug-likeness (QED) is 0.292. The van der Waals surface area contributed by atoms with Gasteiger partial charge in [-0.05, 0) is 48.0 Å². The van der Waals surface area contributed by atoms with Gasteiger partial charge >= 0.3 is 0 Å². The lowest BCUT2D eigenvalue weighted by atomic mass is 10.0. The van der Waals surface area contributed by atoms with E-state index in [1.807, 2.05) is 30.3 Å². The molecule has 1 heterocycles. The molecule has 0 aromatic heterocycles. The average Bonchev–Trinajstić information content (AvgIpc) is 3.23. The van der Waals surface area contributed by atoms with Crippen molar-refractivity contribution in [1.82, 2.24) is 4.31 Å². The standard InChI is InChI=1S/C25H32ClNO4S2Si/c1-25(2,3)34(4,5)31-17-18-32-24(28)22-15-16-27(23(22)19-9-7-6-8-10-19)33(29,30)21-13-11-20(26)12-14-21/h6-15,23H,16-18H2,1-5H3. The maximum atomic E-state index is 13.5. The molecule has 1 aliphatic rings. The second kappa shape index (κ2) is 10.7. The highest BCUT2D eigenvalue weighted by Crippen LogP contribution is 2.40. The molecule has 0 radical (unpaired) electrons. The molecule has 9 heteroatoms. The van der Waals surface area contributed by atoms with Gasteiger partial charge in [0.05, 0.1) is 10.9 Å². The number of nitrogens with zero attached hydrogens (tertiary/aromatic N) is 1. The van der Waals surface area contributed by atoms with Crippen LogP contribution in [-0.4, -0.2) is 45.1 Å². The van der Waals surface area contributed by atoms with Crippen LogP contribution in [0.2, 0.25) is 23.2 Å². The lowest BCUT2D eigenvalue weighted by Gasteiger charge is -2.36. The summed E-state index contributed by atoms with van der Waals surface area (Å²) in [4.78, 5) is 13.4. The number of hydrogen-bond donors (Lipinski definition) is 0. The highest BCUT2D eigenvalue weighted by Gasteiger charge is 2.41. The molecule has 0 saturated carbocycles. The first-order chi connectivity index (χ1) is 15.8. The van der Waals surface area contributed by atoms with Crippen molar-refractivity contribution in [2.75, 3.05) is 18.9 Å². The van der Waals surface area contributed by atoms with E-state index in [0.717, 1.165) is 5.56 Å². The van der Waals surface area contributed by atoms with Crippen LogP contribution in [0.4, 0.5) is 0 Å². The Hall–Kier alpha value is -1.42. The highest BCUT2D eigenvalue weighted by atomic mass is 35.5. The SMILES string of the molecule is CC(C)(C)[Si](C)(C)OCCSC(=O)C1=CCN(S(=O)(=O)c2ccc(Cl)cc2)C1c1ccccc1. The van der Waals surface area contributed by atoms with Crippen LogP contribution in [0.5, 0.6) is 0 Å². The number of carbonyl (C=O) groups excluding carboxylic acids is 1. The van der Waals surface area contributed by atoms with Gasteiger partial charge in [0, 0.05) is 29.5 Å². The van der Waals surface area contributed by atoms with Crippen molar-refractivity contribution in [3.8, 4) is 0 Å². The van der Waals surface area contributed by atoms with E-state index in [4.69, 9.17) is 16.0 Å². The number of thioether (sulfide) groups is 1. The fraction of sp³-hybridized carbons (Fsp3) is 0.400. The van der Waals surface area contributed by atoms with E-state index in [0.29, 0.717) is 23.0 Å². The number of rotatable bonds is 8. The molecule has 0 fully saturated rings. The Balaban J connectivity index is 1.78. The molecular weight excluding hydrogens is 506 g/mol. The molecule has 0 bridgehead atoms. The van der Waals surface area contributed by atoms with Crippen LogP contribution in [0.25, 0.3) is 0 Å². The lowest BCUT2D eigenvalue weighted by molar-refractivity contribution is -0.108. The Kier molecular flexibility index (Phi) is 8.53. The van der Waals surface area contributed by atoms with Crippen molar-refractivity contribution in [3.63, 3.8) is 0 Å². The fourth-order valence-corrected chi connectivity index (χ4v) is 7.01. The van der Waals surface area contributed by atoms with Crippen molar-refractivity contribution in [2.45, 2.75) is 49.8 Å². The average molecular weight is 538 g/mol. The number of halogens is 1. The topological polar surface area (TPSA) is 63.7 Å². The minimum Gasteiger partial charge on any atom is -0.416 e. The van der Waals surface area contributed by atoms with Crippen LogP contribution in [0, 0.1) is 0 Å². The molecule has 2 aromatic carbocycles. The van der Waals surface area contributed by atoms with Gasteiger partial charge in [0.15, 0.2) is 8.32 Å². The van der Waals surface area contributed by atoms with Crippen molar-refractivity contribution >= 4 is 46.8 Å². The van der Waals surface area contributed by atoms with Gasteiger partial charge in [-0.25, -0.2) is 8.42 Å². The molecule has 1 unspecified atom stereocenters. The molecule has 0 amide bonds. The Labute approximate surface area is 213 Å².